The Balaban J connectivity index is 1.48. The maximum Gasteiger partial charge on any atom is 0.226 e. The van der Waals surface area contributed by atoms with E-state index in [1.807, 2.05) is 31.3 Å². The number of benzene rings is 1. The first kappa shape index (κ1) is 21.8. The zero-order chi connectivity index (χ0) is 21.8. The highest BCUT2D eigenvalue weighted by Gasteiger charge is 2.41. The molecule has 0 spiro atoms. The Morgan fingerprint density at radius 2 is 1.84 bits per heavy atom. The van der Waals surface area contributed by atoms with E-state index in [1.165, 1.54) is 11.1 Å². The van der Waals surface area contributed by atoms with Crippen LogP contribution in [0, 0.1) is 12.8 Å². The summed E-state index contributed by atoms with van der Waals surface area (Å²) in [5, 5.41) is 3.69. The third-order valence-corrected chi connectivity index (χ3v) is 6.81. The van der Waals surface area contributed by atoms with Crippen LogP contribution >= 0.6 is 0 Å². The Morgan fingerprint density at radius 3 is 2.48 bits per heavy atom. The fourth-order valence-electron chi connectivity index (χ4n) is 4.82. The molecule has 0 unspecified atom stereocenters. The van der Waals surface area contributed by atoms with Crippen molar-refractivity contribution in [1.82, 2.24) is 20.1 Å². The van der Waals surface area contributed by atoms with Crippen LogP contribution in [-0.4, -0.2) is 67.1 Å². The molecule has 1 amide bonds. The second-order valence-electron chi connectivity index (χ2n) is 8.97. The largest absolute Gasteiger partial charge is 0.497 e. The number of hydrogen-bond acceptors (Lipinski definition) is 5. The predicted octanol–water partition coefficient (Wildman–Crippen LogP) is 2.82. The topological polar surface area (TPSA) is 57.7 Å². The first-order chi connectivity index (χ1) is 15.0. The maximum absolute atomic E-state index is 13.5. The van der Waals surface area contributed by atoms with Gasteiger partial charge in [-0.05, 0) is 62.1 Å². The molecule has 1 aliphatic carbocycles. The van der Waals surface area contributed by atoms with Crippen LogP contribution in [0.3, 0.4) is 0 Å². The number of pyridine rings is 1. The molecule has 31 heavy (non-hydrogen) atoms. The van der Waals surface area contributed by atoms with Crippen molar-refractivity contribution in [3.8, 4) is 5.75 Å². The second-order valence-corrected chi connectivity index (χ2v) is 8.97. The first-order valence-corrected chi connectivity index (χ1v) is 11.3. The molecule has 6 nitrogen and oxygen atoms in total. The standard InChI is InChI=1S/C25H34N4O2/c1-18-4-5-19(16-26-18)17-27-21-14-23(20-6-8-22(31-3)9-7-20)24(15-21)25(30)29-12-10-28(2)11-13-29/h4-9,16,21,23-24,27H,10-15,17H2,1-3H3/t21-,23+,24-/m0/s1. The van der Waals surface area contributed by atoms with E-state index < -0.39 is 0 Å². The summed E-state index contributed by atoms with van der Waals surface area (Å²) in [6.07, 6.45) is 3.78. The van der Waals surface area contributed by atoms with Crippen LogP contribution in [0.5, 0.6) is 5.75 Å². The zero-order valence-corrected chi connectivity index (χ0v) is 18.9. The summed E-state index contributed by atoms with van der Waals surface area (Å²) in [6, 6.07) is 12.7. The van der Waals surface area contributed by atoms with Gasteiger partial charge in [-0.3, -0.25) is 9.78 Å². The van der Waals surface area contributed by atoms with Gasteiger partial charge in [0.1, 0.15) is 5.75 Å². The van der Waals surface area contributed by atoms with Gasteiger partial charge in [-0.2, -0.15) is 0 Å². The second kappa shape index (κ2) is 9.79. The minimum atomic E-state index is 0.0189. The van der Waals surface area contributed by atoms with Crippen molar-refractivity contribution in [2.45, 2.75) is 38.3 Å². The number of carbonyl (C=O) groups is 1. The normalized spacial score (nSPS) is 24.4. The molecule has 2 fully saturated rings. The number of nitrogens with zero attached hydrogens (tertiary/aromatic N) is 3. The van der Waals surface area contributed by atoms with Crippen LogP contribution in [0.15, 0.2) is 42.6 Å². The lowest BCUT2D eigenvalue weighted by atomic mass is 9.87. The number of rotatable bonds is 6. The molecule has 1 aliphatic heterocycles. The number of carbonyl (C=O) groups excluding carboxylic acids is 1. The quantitative estimate of drug-likeness (QED) is 0.776. The molecule has 6 heteroatoms. The summed E-state index contributed by atoms with van der Waals surface area (Å²) >= 11 is 0. The fourth-order valence-corrected chi connectivity index (χ4v) is 4.82. The van der Waals surface area contributed by atoms with Crippen molar-refractivity contribution in [1.29, 1.82) is 0 Å². The summed E-state index contributed by atoms with van der Waals surface area (Å²) in [4.78, 5) is 22.3. The lowest BCUT2D eigenvalue weighted by Crippen LogP contribution is -2.49. The van der Waals surface area contributed by atoms with Gasteiger partial charge in [-0.25, -0.2) is 0 Å². The molecule has 2 aromatic rings. The lowest BCUT2D eigenvalue weighted by molar-refractivity contribution is -0.137. The first-order valence-electron chi connectivity index (χ1n) is 11.3. The van der Waals surface area contributed by atoms with Crippen molar-refractivity contribution in [3.05, 3.63) is 59.4 Å². The molecule has 1 N–H and O–H groups in total. The number of methoxy groups -OCH3 is 1. The molecule has 1 aromatic heterocycles. The van der Waals surface area contributed by atoms with Crippen LogP contribution < -0.4 is 10.1 Å². The molecule has 0 radical (unpaired) electrons. The predicted molar refractivity (Wildman–Crippen MR) is 122 cm³/mol. The van der Waals surface area contributed by atoms with E-state index in [4.69, 9.17) is 4.74 Å². The highest BCUT2D eigenvalue weighted by atomic mass is 16.5. The minimum absolute atomic E-state index is 0.0189. The van der Waals surface area contributed by atoms with Crippen molar-refractivity contribution in [2.75, 3.05) is 40.3 Å². The van der Waals surface area contributed by atoms with Crippen molar-refractivity contribution in [3.63, 3.8) is 0 Å². The molecule has 1 aromatic carbocycles. The number of nitrogens with one attached hydrogen (secondary N) is 1. The Bertz CT molecular complexity index is 860. The number of hydrogen-bond donors (Lipinski definition) is 1. The van der Waals surface area contributed by atoms with Crippen LogP contribution in [-0.2, 0) is 11.3 Å². The fraction of sp³-hybridized carbons (Fsp3) is 0.520. The Kier molecular flexibility index (Phi) is 6.88. The van der Waals surface area contributed by atoms with Crippen molar-refractivity contribution >= 4 is 5.91 Å². The summed E-state index contributed by atoms with van der Waals surface area (Å²) in [5.74, 6) is 1.41. The average Bonchev–Trinajstić information content (AvgIpc) is 3.23. The minimum Gasteiger partial charge on any atom is -0.497 e. The smallest absolute Gasteiger partial charge is 0.226 e. The van der Waals surface area contributed by atoms with Gasteiger partial charge in [0.2, 0.25) is 5.91 Å². The number of likely N-dealkylation sites (N-methyl/N-ethyl adjacent to an activating group) is 1. The average molecular weight is 423 g/mol. The zero-order valence-electron chi connectivity index (χ0n) is 18.9. The van der Waals surface area contributed by atoms with Crippen LogP contribution in [0.1, 0.15) is 35.6 Å². The van der Waals surface area contributed by atoms with Crippen molar-refractivity contribution < 1.29 is 9.53 Å². The van der Waals surface area contributed by atoms with Gasteiger partial charge in [-0.15, -0.1) is 0 Å². The lowest BCUT2D eigenvalue weighted by Gasteiger charge is -2.35. The summed E-state index contributed by atoms with van der Waals surface area (Å²) < 4.78 is 5.33. The number of ether oxygens (including phenoxy) is 1. The number of amides is 1. The Labute approximate surface area is 185 Å². The van der Waals surface area contributed by atoms with Crippen molar-refractivity contribution in [2.24, 2.45) is 5.92 Å². The molecule has 2 aliphatic rings. The summed E-state index contributed by atoms with van der Waals surface area (Å²) in [5.41, 5.74) is 3.44. The van der Waals surface area contributed by atoms with Gasteiger partial charge in [-0.1, -0.05) is 18.2 Å². The molecule has 166 valence electrons. The molecule has 2 heterocycles. The van der Waals surface area contributed by atoms with Gasteiger partial charge in [0, 0.05) is 56.6 Å². The molecule has 1 saturated heterocycles. The Hall–Kier alpha value is -2.44. The van der Waals surface area contributed by atoms with Crippen LogP contribution in [0.2, 0.25) is 0 Å². The van der Waals surface area contributed by atoms with E-state index in [1.54, 1.807) is 7.11 Å². The maximum atomic E-state index is 13.5. The van der Waals surface area contributed by atoms with Crippen LogP contribution in [0.25, 0.3) is 0 Å². The highest BCUT2D eigenvalue weighted by molar-refractivity contribution is 5.80. The molecular formula is C25H34N4O2. The third kappa shape index (κ3) is 5.25. The molecule has 4 rings (SSSR count). The monoisotopic (exact) mass is 422 g/mol. The van der Waals surface area contributed by atoms with Gasteiger partial charge in [0.15, 0.2) is 0 Å². The number of piperazine rings is 1. The van der Waals surface area contributed by atoms with E-state index in [0.29, 0.717) is 11.9 Å². The van der Waals surface area contributed by atoms with Crippen LogP contribution in [0.4, 0.5) is 0 Å². The van der Waals surface area contributed by atoms with Gasteiger partial charge < -0.3 is 19.9 Å². The SMILES string of the molecule is COc1ccc([C@H]2C[C@H](NCc3ccc(C)nc3)C[C@@H]2C(=O)N2CCN(C)CC2)cc1. The van der Waals surface area contributed by atoms with Gasteiger partial charge in [0.05, 0.1) is 7.11 Å². The van der Waals surface area contributed by atoms with E-state index in [0.717, 1.165) is 57.0 Å². The number of aryl methyl sites for hydroxylation is 1. The van der Waals surface area contributed by atoms with E-state index >= 15 is 0 Å². The molecule has 3 atom stereocenters. The molecule has 0 bridgehead atoms. The summed E-state index contributed by atoms with van der Waals surface area (Å²) in [6.45, 7) is 6.34. The highest BCUT2D eigenvalue weighted by Crippen LogP contribution is 2.41. The molecule has 1 saturated carbocycles. The van der Waals surface area contributed by atoms with E-state index in [-0.39, 0.29) is 11.8 Å². The third-order valence-electron chi connectivity index (χ3n) is 6.81. The number of aromatic nitrogens is 1. The van der Waals surface area contributed by atoms with E-state index in [9.17, 15) is 4.79 Å². The van der Waals surface area contributed by atoms with E-state index in [2.05, 4.69) is 45.3 Å². The van der Waals surface area contributed by atoms with Gasteiger partial charge in [0.25, 0.3) is 0 Å². The van der Waals surface area contributed by atoms with Gasteiger partial charge >= 0.3 is 0 Å². The Morgan fingerprint density at radius 1 is 1.10 bits per heavy atom. The molecular weight excluding hydrogens is 388 g/mol. The summed E-state index contributed by atoms with van der Waals surface area (Å²) in [7, 11) is 3.81.